The molecule has 2 rings (SSSR count). The smallest absolute Gasteiger partial charge is 0.211 e. The fourth-order valence-corrected chi connectivity index (χ4v) is 2.00. The molecule has 1 heterocycles. The molecule has 0 bridgehead atoms. The van der Waals surface area contributed by atoms with E-state index in [4.69, 9.17) is 5.73 Å². The zero-order valence-corrected chi connectivity index (χ0v) is 11.3. The number of carbonyl (C=O) groups is 1. The SMILES string of the molecule is CC(C)Cc1cccc(C(=O)c2ccc(N)cn2)c1. The summed E-state index contributed by atoms with van der Waals surface area (Å²) in [5, 5.41) is 0. The van der Waals surface area contributed by atoms with Crippen molar-refractivity contribution >= 4 is 11.5 Å². The van der Waals surface area contributed by atoms with Crippen molar-refractivity contribution in [2.24, 2.45) is 5.92 Å². The largest absolute Gasteiger partial charge is 0.397 e. The fourth-order valence-electron chi connectivity index (χ4n) is 2.00. The highest BCUT2D eigenvalue weighted by molar-refractivity contribution is 6.07. The molecule has 1 aromatic carbocycles. The van der Waals surface area contributed by atoms with Crippen LogP contribution in [0, 0.1) is 5.92 Å². The molecule has 0 unspecified atom stereocenters. The summed E-state index contributed by atoms with van der Waals surface area (Å²) in [6.45, 7) is 4.33. The molecule has 0 saturated carbocycles. The first-order valence-electron chi connectivity index (χ1n) is 6.41. The van der Waals surface area contributed by atoms with Gasteiger partial charge in [-0.05, 0) is 36.1 Å². The summed E-state index contributed by atoms with van der Waals surface area (Å²) in [4.78, 5) is 16.4. The predicted molar refractivity (Wildman–Crippen MR) is 77.1 cm³/mol. The summed E-state index contributed by atoms with van der Waals surface area (Å²) in [5.74, 6) is 0.505. The molecule has 0 spiro atoms. The summed E-state index contributed by atoms with van der Waals surface area (Å²) < 4.78 is 0. The van der Waals surface area contributed by atoms with E-state index in [-0.39, 0.29) is 5.78 Å². The third-order valence-electron chi connectivity index (χ3n) is 2.85. The topological polar surface area (TPSA) is 56.0 Å². The highest BCUT2D eigenvalue weighted by Gasteiger charge is 2.11. The van der Waals surface area contributed by atoms with E-state index in [9.17, 15) is 4.79 Å². The Kier molecular flexibility index (Phi) is 3.95. The van der Waals surface area contributed by atoms with E-state index < -0.39 is 0 Å². The van der Waals surface area contributed by atoms with Crippen molar-refractivity contribution in [3.63, 3.8) is 0 Å². The van der Waals surface area contributed by atoms with Crippen molar-refractivity contribution in [3.8, 4) is 0 Å². The van der Waals surface area contributed by atoms with Crippen molar-refractivity contribution < 1.29 is 4.79 Å². The monoisotopic (exact) mass is 254 g/mol. The molecule has 0 radical (unpaired) electrons. The number of nitrogens with two attached hydrogens (primary N) is 1. The first-order valence-corrected chi connectivity index (χ1v) is 6.41. The third kappa shape index (κ3) is 3.41. The normalized spacial score (nSPS) is 10.7. The van der Waals surface area contributed by atoms with Gasteiger partial charge in [0.15, 0.2) is 0 Å². The van der Waals surface area contributed by atoms with Crippen molar-refractivity contribution in [2.45, 2.75) is 20.3 Å². The fraction of sp³-hybridized carbons (Fsp3) is 0.250. The van der Waals surface area contributed by atoms with Gasteiger partial charge in [0, 0.05) is 5.56 Å². The lowest BCUT2D eigenvalue weighted by molar-refractivity contribution is 0.103. The number of carbonyl (C=O) groups excluding carboxylic acids is 1. The highest BCUT2D eigenvalue weighted by atomic mass is 16.1. The van der Waals surface area contributed by atoms with Crippen molar-refractivity contribution in [1.82, 2.24) is 4.98 Å². The van der Waals surface area contributed by atoms with E-state index in [2.05, 4.69) is 18.8 Å². The zero-order valence-electron chi connectivity index (χ0n) is 11.3. The second-order valence-corrected chi connectivity index (χ2v) is 5.10. The standard InChI is InChI=1S/C16H18N2O/c1-11(2)8-12-4-3-5-13(9-12)16(19)15-7-6-14(17)10-18-15/h3-7,9-11H,8,17H2,1-2H3. The van der Waals surface area contributed by atoms with Crippen LogP contribution in [0.4, 0.5) is 5.69 Å². The van der Waals surface area contributed by atoms with Crippen molar-refractivity contribution in [1.29, 1.82) is 0 Å². The van der Waals surface area contributed by atoms with Gasteiger partial charge in [-0.15, -0.1) is 0 Å². The lowest BCUT2D eigenvalue weighted by Crippen LogP contribution is -2.05. The van der Waals surface area contributed by atoms with Gasteiger partial charge in [0.25, 0.3) is 0 Å². The van der Waals surface area contributed by atoms with Crippen LogP contribution in [0.2, 0.25) is 0 Å². The number of pyridine rings is 1. The first kappa shape index (κ1) is 13.3. The van der Waals surface area contributed by atoms with Crippen LogP contribution in [-0.4, -0.2) is 10.8 Å². The number of anilines is 1. The van der Waals surface area contributed by atoms with Crippen LogP contribution in [0.15, 0.2) is 42.6 Å². The minimum absolute atomic E-state index is 0.0643. The van der Waals surface area contributed by atoms with Gasteiger partial charge in [0.1, 0.15) is 5.69 Å². The van der Waals surface area contributed by atoms with E-state index in [0.717, 1.165) is 6.42 Å². The molecule has 3 nitrogen and oxygen atoms in total. The Labute approximate surface area is 113 Å². The van der Waals surface area contributed by atoms with Crippen LogP contribution >= 0.6 is 0 Å². The number of hydrogen-bond donors (Lipinski definition) is 1. The Balaban J connectivity index is 2.26. The molecule has 0 aliphatic rings. The third-order valence-corrected chi connectivity index (χ3v) is 2.85. The maximum absolute atomic E-state index is 12.3. The van der Waals surface area contributed by atoms with Crippen LogP contribution in [-0.2, 0) is 6.42 Å². The van der Waals surface area contributed by atoms with Gasteiger partial charge in [0.05, 0.1) is 11.9 Å². The summed E-state index contributed by atoms with van der Waals surface area (Å²) >= 11 is 0. The quantitative estimate of drug-likeness (QED) is 0.853. The minimum atomic E-state index is -0.0643. The average molecular weight is 254 g/mol. The Morgan fingerprint density at radius 2 is 2.05 bits per heavy atom. The second kappa shape index (κ2) is 5.65. The molecular weight excluding hydrogens is 236 g/mol. The number of aromatic nitrogens is 1. The van der Waals surface area contributed by atoms with Crippen LogP contribution < -0.4 is 5.73 Å². The molecule has 0 aliphatic carbocycles. The van der Waals surface area contributed by atoms with E-state index in [1.54, 1.807) is 12.1 Å². The lowest BCUT2D eigenvalue weighted by atomic mass is 9.99. The number of rotatable bonds is 4. The van der Waals surface area contributed by atoms with E-state index in [1.807, 2.05) is 24.3 Å². The van der Waals surface area contributed by atoms with Crippen molar-refractivity contribution in [2.75, 3.05) is 5.73 Å². The number of nitrogens with zero attached hydrogens (tertiary/aromatic N) is 1. The average Bonchev–Trinajstić information content (AvgIpc) is 2.38. The molecular formula is C16H18N2O. The Bertz CT molecular complexity index is 574. The maximum Gasteiger partial charge on any atom is 0.211 e. The molecule has 0 fully saturated rings. The predicted octanol–water partition coefficient (Wildman–Crippen LogP) is 3.09. The van der Waals surface area contributed by atoms with Crippen LogP contribution in [0.3, 0.4) is 0 Å². The maximum atomic E-state index is 12.3. The molecule has 3 heteroatoms. The minimum Gasteiger partial charge on any atom is -0.397 e. The van der Waals surface area contributed by atoms with Gasteiger partial charge in [-0.2, -0.15) is 0 Å². The summed E-state index contributed by atoms with van der Waals surface area (Å²) in [5.41, 5.74) is 8.41. The van der Waals surface area contributed by atoms with Gasteiger partial charge in [-0.3, -0.25) is 9.78 Å². The zero-order chi connectivity index (χ0) is 13.8. The van der Waals surface area contributed by atoms with E-state index >= 15 is 0 Å². The molecule has 0 amide bonds. The molecule has 98 valence electrons. The Morgan fingerprint density at radius 1 is 1.26 bits per heavy atom. The molecule has 2 N–H and O–H groups in total. The lowest BCUT2D eigenvalue weighted by Gasteiger charge is -2.07. The van der Waals surface area contributed by atoms with Gasteiger partial charge in [0.2, 0.25) is 5.78 Å². The number of hydrogen-bond acceptors (Lipinski definition) is 3. The molecule has 0 aliphatic heterocycles. The Morgan fingerprint density at radius 3 is 2.68 bits per heavy atom. The molecule has 19 heavy (non-hydrogen) atoms. The van der Waals surface area contributed by atoms with Crippen LogP contribution in [0.1, 0.15) is 35.5 Å². The van der Waals surface area contributed by atoms with E-state index in [1.165, 1.54) is 11.8 Å². The molecule has 0 atom stereocenters. The molecule has 1 aromatic heterocycles. The van der Waals surface area contributed by atoms with E-state index in [0.29, 0.717) is 22.9 Å². The summed E-state index contributed by atoms with van der Waals surface area (Å²) in [6.07, 6.45) is 2.47. The van der Waals surface area contributed by atoms with Crippen LogP contribution in [0.25, 0.3) is 0 Å². The van der Waals surface area contributed by atoms with Crippen molar-refractivity contribution in [3.05, 3.63) is 59.4 Å². The number of ketones is 1. The van der Waals surface area contributed by atoms with Crippen LogP contribution in [0.5, 0.6) is 0 Å². The van der Waals surface area contributed by atoms with Gasteiger partial charge >= 0.3 is 0 Å². The van der Waals surface area contributed by atoms with Gasteiger partial charge < -0.3 is 5.73 Å². The summed E-state index contributed by atoms with van der Waals surface area (Å²) in [7, 11) is 0. The molecule has 0 saturated heterocycles. The Hall–Kier alpha value is -2.16. The summed E-state index contributed by atoms with van der Waals surface area (Å²) in [6, 6.07) is 11.1. The van der Waals surface area contributed by atoms with Gasteiger partial charge in [-0.1, -0.05) is 32.0 Å². The highest BCUT2D eigenvalue weighted by Crippen LogP contribution is 2.14. The first-order chi connectivity index (χ1) is 9.06. The number of nitrogen functional groups attached to an aromatic ring is 1. The number of benzene rings is 1. The van der Waals surface area contributed by atoms with Gasteiger partial charge in [-0.25, -0.2) is 0 Å². The second-order valence-electron chi connectivity index (χ2n) is 5.10. The molecule has 2 aromatic rings.